The third-order valence-corrected chi connectivity index (χ3v) is 4.66. The maximum Gasteiger partial charge on any atom is 0.137 e. The first-order valence-corrected chi connectivity index (χ1v) is 6.22. The Kier molecular flexibility index (Phi) is 2.73. The zero-order valence-corrected chi connectivity index (χ0v) is 10.4. The van der Waals surface area contributed by atoms with Crippen molar-refractivity contribution in [2.45, 2.75) is 39.7 Å². The highest BCUT2D eigenvalue weighted by Crippen LogP contribution is 2.54. The molecule has 2 saturated carbocycles. The van der Waals surface area contributed by atoms with E-state index in [1.807, 2.05) is 6.08 Å². The lowest BCUT2D eigenvalue weighted by Gasteiger charge is -2.43. The summed E-state index contributed by atoms with van der Waals surface area (Å²) in [6.07, 6.45) is 3.01. The summed E-state index contributed by atoms with van der Waals surface area (Å²) in [5.74, 6) is 1.07. The molecule has 0 aromatic rings. The highest BCUT2D eigenvalue weighted by atomic mass is 16.3. The van der Waals surface area contributed by atoms with Gasteiger partial charge in [-0.2, -0.15) is 0 Å². The molecule has 2 rings (SSSR count). The summed E-state index contributed by atoms with van der Waals surface area (Å²) in [5.41, 5.74) is -0.0530. The van der Waals surface area contributed by atoms with Gasteiger partial charge in [0.25, 0.3) is 0 Å². The topological polar surface area (TPSA) is 37.3 Å². The van der Waals surface area contributed by atoms with Gasteiger partial charge in [-0.3, -0.25) is 4.79 Å². The Morgan fingerprint density at radius 3 is 2.69 bits per heavy atom. The molecule has 0 aromatic heterocycles. The molecule has 2 aliphatic carbocycles. The first kappa shape index (κ1) is 11.8. The molecule has 0 unspecified atom stereocenters. The molecule has 0 amide bonds. The molecule has 0 radical (unpaired) electrons. The molecule has 1 N–H and O–H groups in total. The molecule has 0 heterocycles. The van der Waals surface area contributed by atoms with Crippen LogP contribution in [0.2, 0.25) is 0 Å². The van der Waals surface area contributed by atoms with Crippen LogP contribution in [0.5, 0.6) is 0 Å². The van der Waals surface area contributed by atoms with Gasteiger partial charge in [-0.1, -0.05) is 26.8 Å². The largest absolute Gasteiger partial charge is 0.393 e. The van der Waals surface area contributed by atoms with E-state index in [1.165, 1.54) is 0 Å². The average Bonchev–Trinajstić information content (AvgIpc) is 2.37. The molecule has 2 nitrogen and oxygen atoms in total. The van der Waals surface area contributed by atoms with Crippen molar-refractivity contribution >= 4 is 5.78 Å². The fourth-order valence-electron chi connectivity index (χ4n) is 4.00. The summed E-state index contributed by atoms with van der Waals surface area (Å²) in [6.45, 7) is 10.2. The quantitative estimate of drug-likeness (QED) is 0.692. The fraction of sp³-hybridized carbons (Fsp3) is 0.786. The van der Waals surface area contributed by atoms with Gasteiger partial charge in [0.2, 0.25) is 0 Å². The number of carbonyl (C=O) groups excluding carboxylic acids is 1. The van der Waals surface area contributed by atoms with Gasteiger partial charge >= 0.3 is 0 Å². The number of rotatable bonds is 1. The van der Waals surface area contributed by atoms with Gasteiger partial charge in [-0.15, -0.1) is 6.58 Å². The van der Waals surface area contributed by atoms with Crippen LogP contribution in [0.25, 0.3) is 0 Å². The zero-order chi connectivity index (χ0) is 12.1. The summed E-state index contributed by atoms with van der Waals surface area (Å²) in [4.78, 5) is 12.1. The van der Waals surface area contributed by atoms with Crippen molar-refractivity contribution in [2.24, 2.45) is 29.1 Å². The lowest BCUT2D eigenvalue weighted by molar-refractivity contribution is -0.126. The van der Waals surface area contributed by atoms with Crippen LogP contribution in [-0.4, -0.2) is 17.0 Å². The standard InChI is InChI=1S/C14H22O2/c1-5-9-8(2)6-10(15)13-12(9)11(16)7-14(13,3)4/h5,8-10,12-13,15H,1,6-7H2,2-4H3/t8-,9-,10-,12+,13+/m1/s1. The minimum Gasteiger partial charge on any atom is -0.393 e. The number of allylic oxidation sites excluding steroid dienone is 1. The van der Waals surface area contributed by atoms with E-state index in [4.69, 9.17) is 0 Å². The summed E-state index contributed by atoms with van der Waals surface area (Å²) in [5, 5.41) is 10.2. The number of Topliss-reactive ketones (excluding diaryl/α,β-unsaturated/α-hetero) is 1. The van der Waals surface area contributed by atoms with Crippen molar-refractivity contribution in [1.29, 1.82) is 0 Å². The van der Waals surface area contributed by atoms with Crippen LogP contribution < -0.4 is 0 Å². The molecular weight excluding hydrogens is 200 g/mol. The summed E-state index contributed by atoms with van der Waals surface area (Å²) in [7, 11) is 0. The van der Waals surface area contributed by atoms with Crippen LogP contribution >= 0.6 is 0 Å². The van der Waals surface area contributed by atoms with Crippen LogP contribution in [0, 0.1) is 29.1 Å². The lowest BCUT2D eigenvalue weighted by atomic mass is 9.62. The van der Waals surface area contributed by atoms with E-state index in [0.717, 1.165) is 6.42 Å². The minimum atomic E-state index is -0.322. The molecule has 2 heteroatoms. The summed E-state index contributed by atoms with van der Waals surface area (Å²) < 4.78 is 0. The van der Waals surface area contributed by atoms with Gasteiger partial charge in [-0.25, -0.2) is 0 Å². The van der Waals surface area contributed by atoms with Crippen LogP contribution in [-0.2, 0) is 4.79 Å². The Morgan fingerprint density at radius 2 is 2.12 bits per heavy atom. The Bertz CT molecular complexity index is 319. The zero-order valence-electron chi connectivity index (χ0n) is 10.4. The van der Waals surface area contributed by atoms with E-state index in [2.05, 4.69) is 27.4 Å². The Labute approximate surface area is 97.7 Å². The van der Waals surface area contributed by atoms with Gasteiger partial charge in [0.15, 0.2) is 0 Å². The number of hydrogen-bond acceptors (Lipinski definition) is 2. The first-order valence-electron chi connectivity index (χ1n) is 6.22. The molecule has 5 atom stereocenters. The first-order chi connectivity index (χ1) is 7.38. The van der Waals surface area contributed by atoms with E-state index in [1.54, 1.807) is 0 Å². The predicted octanol–water partition coefficient (Wildman–Crippen LogP) is 2.42. The summed E-state index contributed by atoms with van der Waals surface area (Å²) >= 11 is 0. The molecule has 0 aliphatic heterocycles. The fourth-order valence-corrected chi connectivity index (χ4v) is 4.00. The van der Waals surface area contributed by atoms with Gasteiger partial charge in [-0.05, 0) is 23.7 Å². The van der Waals surface area contributed by atoms with Crippen molar-refractivity contribution < 1.29 is 9.90 Å². The third-order valence-electron chi connectivity index (χ3n) is 4.66. The Hall–Kier alpha value is -0.630. The highest BCUT2D eigenvalue weighted by Gasteiger charge is 2.56. The van der Waals surface area contributed by atoms with Gasteiger partial charge < -0.3 is 5.11 Å². The maximum atomic E-state index is 12.1. The van der Waals surface area contributed by atoms with Gasteiger partial charge in [0, 0.05) is 18.3 Å². The van der Waals surface area contributed by atoms with Crippen molar-refractivity contribution in [3.8, 4) is 0 Å². The van der Waals surface area contributed by atoms with E-state index in [-0.39, 0.29) is 29.3 Å². The maximum absolute atomic E-state index is 12.1. The van der Waals surface area contributed by atoms with Gasteiger partial charge in [0.05, 0.1) is 6.10 Å². The molecular formula is C14H22O2. The van der Waals surface area contributed by atoms with Crippen molar-refractivity contribution in [2.75, 3.05) is 0 Å². The molecule has 90 valence electrons. The van der Waals surface area contributed by atoms with Gasteiger partial charge in [0.1, 0.15) is 5.78 Å². The van der Waals surface area contributed by atoms with Crippen molar-refractivity contribution in [3.63, 3.8) is 0 Å². The lowest BCUT2D eigenvalue weighted by Crippen LogP contribution is -2.44. The van der Waals surface area contributed by atoms with E-state index in [9.17, 15) is 9.90 Å². The normalized spacial score (nSPS) is 46.5. The second-order valence-electron chi connectivity index (χ2n) is 6.28. The SMILES string of the molecule is C=C[C@H]1[C@H]2C(=O)CC(C)(C)[C@H]2[C@H](O)C[C@H]1C. The third kappa shape index (κ3) is 1.55. The van der Waals surface area contributed by atoms with Crippen LogP contribution in [0.3, 0.4) is 0 Å². The number of aliphatic hydroxyl groups is 1. The minimum absolute atomic E-state index is 0.00579. The second-order valence-corrected chi connectivity index (χ2v) is 6.28. The van der Waals surface area contributed by atoms with Crippen molar-refractivity contribution in [3.05, 3.63) is 12.7 Å². The Balaban J connectivity index is 2.38. The highest BCUT2D eigenvalue weighted by molar-refractivity contribution is 5.85. The predicted molar refractivity (Wildman–Crippen MR) is 63.9 cm³/mol. The molecule has 2 aliphatic rings. The summed E-state index contributed by atoms with van der Waals surface area (Å²) in [6, 6.07) is 0. The molecule has 2 fully saturated rings. The molecule has 16 heavy (non-hydrogen) atoms. The molecule has 0 saturated heterocycles. The second kappa shape index (κ2) is 3.69. The van der Waals surface area contributed by atoms with E-state index in [0.29, 0.717) is 18.1 Å². The van der Waals surface area contributed by atoms with Crippen LogP contribution in [0.1, 0.15) is 33.6 Å². The smallest absolute Gasteiger partial charge is 0.137 e. The Morgan fingerprint density at radius 1 is 1.50 bits per heavy atom. The number of ketones is 1. The molecule has 0 spiro atoms. The molecule has 0 bridgehead atoms. The van der Waals surface area contributed by atoms with Crippen LogP contribution in [0.4, 0.5) is 0 Å². The van der Waals surface area contributed by atoms with Crippen LogP contribution in [0.15, 0.2) is 12.7 Å². The average molecular weight is 222 g/mol. The monoisotopic (exact) mass is 222 g/mol. The van der Waals surface area contributed by atoms with Crippen molar-refractivity contribution in [1.82, 2.24) is 0 Å². The van der Waals surface area contributed by atoms with E-state index >= 15 is 0 Å². The van der Waals surface area contributed by atoms with E-state index < -0.39 is 0 Å². The number of aliphatic hydroxyl groups excluding tert-OH is 1. The number of hydrogen-bond donors (Lipinski definition) is 1. The number of fused-ring (bicyclic) bond motifs is 1. The number of carbonyl (C=O) groups is 1. The molecule has 0 aromatic carbocycles.